The fraction of sp³-hybridized carbons (Fsp3) is 0.529. The van der Waals surface area contributed by atoms with E-state index in [-0.39, 0.29) is 18.1 Å². The second kappa shape index (κ2) is 6.45. The van der Waals surface area contributed by atoms with Crippen LogP contribution in [0.15, 0.2) is 29.9 Å². The molecule has 2 unspecified atom stereocenters. The summed E-state index contributed by atoms with van der Waals surface area (Å²) in [6.07, 6.45) is 7.25. The van der Waals surface area contributed by atoms with Crippen molar-refractivity contribution >= 4 is 17.2 Å². The van der Waals surface area contributed by atoms with Gasteiger partial charge in [-0.25, -0.2) is 0 Å². The van der Waals surface area contributed by atoms with Crippen LogP contribution >= 0.6 is 11.3 Å². The minimum Gasteiger partial charge on any atom is -0.373 e. The van der Waals surface area contributed by atoms with Crippen molar-refractivity contribution in [1.29, 1.82) is 0 Å². The highest BCUT2D eigenvalue weighted by Crippen LogP contribution is 2.34. The van der Waals surface area contributed by atoms with E-state index in [9.17, 15) is 4.79 Å². The predicted molar refractivity (Wildman–Crippen MR) is 88.3 cm³/mol. The molecule has 1 saturated heterocycles. The van der Waals surface area contributed by atoms with E-state index >= 15 is 0 Å². The fourth-order valence-electron chi connectivity index (χ4n) is 3.65. The third-order valence-electron chi connectivity index (χ3n) is 4.79. The number of amides is 1. The van der Waals surface area contributed by atoms with Gasteiger partial charge >= 0.3 is 0 Å². The van der Waals surface area contributed by atoms with Crippen LogP contribution in [0.3, 0.4) is 0 Å². The SMILES string of the molecule is O=C(CC1OCCc2sccc21)N1CCCC1Cn1cccn1. The van der Waals surface area contributed by atoms with E-state index in [1.54, 1.807) is 17.5 Å². The van der Waals surface area contributed by atoms with Crippen LogP contribution in [0.25, 0.3) is 0 Å². The van der Waals surface area contributed by atoms with Crippen molar-refractivity contribution in [2.24, 2.45) is 0 Å². The van der Waals surface area contributed by atoms with Gasteiger partial charge in [-0.15, -0.1) is 11.3 Å². The average Bonchev–Trinajstić information content (AvgIpc) is 3.29. The number of thiophene rings is 1. The molecule has 0 aromatic carbocycles. The lowest BCUT2D eigenvalue weighted by Crippen LogP contribution is -2.39. The Bertz CT molecular complexity index is 667. The lowest BCUT2D eigenvalue weighted by Gasteiger charge is -2.28. The van der Waals surface area contributed by atoms with Crippen LogP contribution in [0.4, 0.5) is 0 Å². The van der Waals surface area contributed by atoms with Crippen molar-refractivity contribution in [3.8, 4) is 0 Å². The summed E-state index contributed by atoms with van der Waals surface area (Å²) in [7, 11) is 0. The molecule has 2 atom stereocenters. The zero-order chi connectivity index (χ0) is 15.6. The summed E-state index contributed by atoms with van der Waals surface area (Å²) in [5.74, 6) is 0.212. The summed E-state index contributed by atoms with van der Waals surface area (Å²) < 4.78 is 7.80. The molecule has 0 spiro atoms. The first-order valence-corrected chi connectivity index (χ1v) is 9.14. The normalized spacial score (nSPS) is 23.9. The van der Waals surface area contributed by atoms with Crippen LogP contribution in [-0.4, -0.2) is 39.8 Å². The van der Waals surface area contributed by atoms with E-state index in [0.717, 1.165) is 39.0 Å². The summed E-state index contributed by atoms with van der Waals surface area (Å²) in [5, 5.41) is 6.37. The van der Waals surface area contributed by atoms with Crippen LogP contribution in [0, 0.1) is 0 Å². The molecular weight excluding hydrogens is 310 g/mol. The molecule has 1 fully saturated rings. The van der Waals surface area contributed by atoms with Crippen LogP contribution in [0.2, 0.25) is 0 Å². The van der Waals surface area contributed by atoms with Crippen molar-refractivity contribution in [3.05, 3.63) is 40.3 Å². The van der Waals surface area contributed by atoms with Gasteiger partial charge in [0.05, 0.1) is 31.7 Å². The topological polar surface area (TPSA) is 47.4 Å². The second-order valence-corrected chi connectivity index (χ2v) is 7.22. The van der Waals surface area contributed by atoms with Gasteiger partial charge in [-0.3, -0.25) is 9.48 Å². The molecule has 0 aliphatic carbocycles. The molecule has 6 heteroatoms. The van der Waals surface area contributed by atoms with Crippen LogP contribution < -0.4 is 0 Å². The number of rotatable bonds is 4. The molecule has 0 N–H and O–H groups in total. The minimum atomic E-state index is -0.0662. The van der Waals surface area contributed by atoms with E-state index in [0.29, 0.717) is 6.42 Å². The van der Waals surface area contributed by atoms with E-state index in [2.05, 4.69) is 16.5 Å². The predicted octanol–water partition coefficient (Wildman–Crippen LogP) is 2.64. The van der Waals surface area contributed by atoms with Crippen molar-refractivity contribution in [3.63, 3.8) is 0 Å². The van der Waals surface area contributed by atoms with Crippen molar-refractivity contribution in [1.82, 2.24) is 14.7 Å². The van der Waals surface area contributed by atoms with Crippen LogP contribution in [-0.2, 0) is 22.5 Å². The molecule has 4 rings (SSSR count). The van der Waals surface area contributed by atoms with Gasteiger partial charge in [-0.05, 0) is 35.9 Å². The van der Waals surface area contributed by atoms with Gasteiger partial charge in [0.2, 0.25) is 5.91 Å². The zero-order valence-corrected chi connectivity index (χ0v) is 13.9. The number of fused-ring (bicyclic) bond motifs is 1. The minimum absolute atomic E-state index is 0.0662. The number of hydrogen-bond donors (Lipinski definition) is 0. The fourth-order valence-corrected chi connectivity index (χ4v) is 4.56. The molecule has 0 bridgehead atoms. The maximum Gasteiger partial charge on any atom is 0.225 e. The summed E-state index contributed by atoms with van der Waals surface area (Å²) in [6, 6.07) is 4.30. The van der Waals surface area contributed by atoms with E-state index in [1.165, 1.54) is 10.4 Å². The summed E-state index contributed by atoms with van der Waals surface area (Å²) in [5.41, 5.74) is 1.22. The lowest BCUT2D eigenvalue weighted by atomic mass is 10.0. The quantitative estimate of drug-likeness (QED) is 0.865. The first-order valence-electron chi connectivity index (χ1n) is 8.26. The molecule has 2 aliphatic rings. The maximum atomic E-state index is 12.8. The van der Waals surface area contributed by atoms with Gasteiger partial charge in [-0.2, -0.15) is 5.10 Å². The molecule has 4 heterocycles. The van der Waals surface area contributed by atoms with Gasteiger partial charge in [-0.1, -0.05) is 0 Å². The number of likely N-dealkylation sites (tertiary alicyclic amines) is 1. The second-order valence-electron chi connectivity index (χ2n) is 6.22. The molecule has 23 heavy (non-hydrogen) atoms. The van der Waals surface area contributed by atoms with Crippen LogP contribution in [0.5, 0.6) is 0 Å². The summed E-state index contributed by atoms with van der Waals surface area (Å²) >= 11 is 1.78. The Balaban J connectivity index is 1.43. The largest absolute Gasteiger partial charge is 0.373 e. The Kier molecular flexibility index (Phi) is 4.18. The lowest BCUT2D eigenvalue weighted by molar-refractivity contribution is -0.135. The highest BCUT2D eigenvalue weighted by molar-refractivity contribution is 7.10. The molecule has 122 valence electrons. The molecule has 2 aromatic heterocycles. The number of carbonyl (C=O) groups is 1. The number of hydrogen-bond acceptors (Lipinski definition) is 4. The van der Waals surface area contributed by atoms with Crippen molar-refractivity contribution in [2.75, 3.05) is 13.2 Å². The van der Waals surface area contributed by atoms with Gasteiger partial charge < -0.3 is 9.64 Å². The molecule has 0 radical (unpaired) electrons. The first kappa shape index (κ1) is 14.9. The Labute approximate surface area is 139 Å². The summed E-state index contributed by atoms with van der Waals surface area (Å²) in [4.78, 5) is 16.2. The Hall–Kier alpha value is -1.66. The maximum absolute atomic E-state index is 12.8. The molecule has 2 aromatic rings. The number of carbonyl (C=O) groups excluding carboxylic acids is 1. The van der Waals surface area contributed by atoms with Crippen LogP contribution in [0.1, 0.15) is 35.8 Å². The molecule has 2 aliphatic heterocycles. The number of nitrogens with zero attached hydrogens (tertiary/aromatic N) is 3. The van der Waals surface area contributed by atoms with E-state index in [4.69, 9.17) is 4.74 Å². The monoisotopic (exact) mass is 331 g/mol. The molecule has 0 saturated carbocycles. The highest BCUT2D eigenvalue weighted by atomic mass is 32.1. The molecular formula is C17H21N3O2S. The van der Waals surface area contributed by atoms with Gasteiger partial charge in [0, 0.05) is 30.2 Å². The average molecular weight is 331 g/mol. The van der Waals surface area contributed by atoms with Crippen molar-refractivity contribution < 1.29 is 9.53 Å². The van der Waals surface area contributed by atoms with E-state index in [1.807, 2.05) is 21.8 Å². The molecule has 1 amide bonds. The summed E-state index contributed by atoms with van der Waals surface area (Å²) in [6.45, 7) is 2.37. The molecule has 5 nitrogen and oxygen atoms in total. The van der Waals surface area contributed by atoms with Gasteiger partial charge in [0.15, 0.2) is 0 Å². The van der Waals surface area contributed by atoms with Crippen molar-refractivity contribution in [2.45, 2.75) is 44.4 Å². The van der Waals surface area contributed by atoms with E-state index < -0.39 is 0 Å². The van der Waals surface area contributed by atoms with Gasteiger partial charge in [0.25, 0.3) is 0 Å². The zero-order valence-electron chi connectivity index (χ0n) is 13.1. The Morgan fingerprint density at radius 3 is 3.30 bits per heavy atom. The third-order valence-corrected chi connectivity index (χ3v) is 5.79. The standard InChI is InChI=1S/C17H21N3O2S/c21-17(11-15-14-5-10-23-16(14)4-9-22-15)20-8-1-3-13(20)12-19-7-2-6-18-19/h2,5-7,10,13,15H,1,3-4,8-9,11-12H2. The highest BCUT2D eigenvalue weighted by Gasteiger charge is 2.32. The van der Waals surface area contributed by atoms with Gasteiger partial charge in [0.1, 0.15) is 0 Å². The first-order chi connectivity index (χ1) is 11.3. The third kappa shape index (κ3) is 3.05. The smallest absolute Gasteiger partial charge is 0.225 e. The number of aromatic nitrogens is 2. The number of ether oxygens (including phenoxy) is 1. The Morgan fingerprint density at radius 1 is 1.48 bits per heavy atom. The Morgan fingerprint density at radius 2 is 2.43 bits per heavy atom.